The minimum atomic E-state index is -3.85. The highest BCUT2D eigenvalue weighted by Crippen LogP contribution is 2.36. The van der Waals surface area contributed by atoms with Gasteiger partial charge in [0.15, 0.2) is 5.13 Å². The van der Waals surface area contributed by atoms with E-state index in [4.69, 9.17) is 16.6 Å². The lowest BCUT2D eigenvalue weighted by molar-refractivity contribution is -0.121. The first-order valence-electron chi connectivity index (χ1n) is 11.1. The van der Waals surface area contributed by atoms with E-state index >= 15 is 0 Å². The lowest BCUT2D eigenvalue weighted by Gasteiger charge is -2.28. The van der Waals surface area contributed by atoms with Gasteiger partial charge in [-0.15, -0.1) is 11.3 Å². The maximum atomic E-state index is 14.0. The van der Waals surface area contributed by atoms with E-state index in [0.717, 1.165) is 32.7 Å². The fraction of sp³-hybridized carbons (Fsp3) is 0.292. The first-order valence-corrected chi connectivity index (χ1v) is 14.6. The first-order chi connectivity index (χ1) is 16.7. The Bertz CT molecular complexity index is 1500. The van der Waals surface area contributed by atoms with Gasteiger partial charge in [0.05, 0.1) is 26.8 Å². The normalized spacial score (nSPS) is 16.7. The molecule has 0 bridgehead atoms. The van der Waals surface area contributed by atoms with E-state index in [-0.39, 0.29) is 23.2 Å². The van der Waals surface area contributed by atoms with E-state index in [1.165, 1.54) is 21.7 Å². The van der Waals surface area contributed by atoms with Gasteiger partial charge in [-0.25, -0.2) is 13.4 Å². The molecule has 0 spiro atoms. The topological polar surface area (TPSA) is 83.5 Å². The third kappa shape index (κ3) is 4.73. The van der Waals surface area contributed by atoms with Crippen molar-refractivity contribution in [2.45, 2.75) is 43.5 Å². The molecule has 182 valence electrons. The second-order valence-corrected chi connectivity index (χ2v) is 13.3. The van der Waals surface area contributed by atoms with Gasteiger partial charge in [-0.05, 0) is 68.1 Å². The summed E-state index contributed by atoms with van der Waals surface area (Å²) < 4.78 is 29.6. The molecule has 4 heterocycles. The van der Waals surface area contributed by atoms with Crippen molar-refractivity contribution in [1.29, 1.82) is 0 Å². The Kier molecular flexibility index (Phi) is 6.67. The van der Waals surface area contributed by atoms with E-state index in [1.54, 1.807) is 17.2 Å². The van der Waals surface area contributed by atoms with Crippen LogP contribution in [-0.2, 0) is 21.4 Å². The Balaban J connectivity index is 1.54. The lowest BCUT2D eigenvalue weighted by Crippen LogP contribution is -2.47. The highest BCUT2D eigenvalue weighted by molar-refractivity contribution is 7.91. The molecule has 11 heteroatoms. The van der Waals surface area contributed by atoms with Crippen LogP contribution in [0.25, 0.3) is 10.2 Å². The number of nitrogens with zero attached hydrogens (tertiary/aromatic N) is 4. The van der Waals surface area contributed by atoms with E-state index in [1.807, 2.05) is 38.1 Å². The number of hydrogen-bond donors (Lipinski definition) is 0. The molecule has 5 rings (SSSR count). The standard InChI is InChI=1S/C24H23ClN4O3S3/c1-15-12-16(2)22-18(13-15)27-24(34-22)28(14-17-6-3-4-10-26-17)23(30)19-7-5-11-29(19)35(31,32)21-9-8-20(25)33-21/h3-4,6,8-10,12-13,19H,5,7,11,14H2,1-2H3. The Labute approximate surface area is 217 Å². The Morgan fingerprint density at radius 2 is 2.03 bits per heavy atom. The summed E-state index contributed by atoms with van der Waals surface area (Å²) in [5, 5.41) is 0.535. The van der Waals surface area contributed by atoms with Gasteiger partial charge in [0.1, 0.15) is 10.3 Å². The summed E-state index contributed by atoms with van der Waals surface area (Å²) in [4.78, 5) is 24.8. The Morgan fingerprint density at radius 3 is 2.74 bits per heavy atom. The van der Waals surface area contributed by atoms with Gasteiger partial charge in [0, 0.05) is 12.7 Å². The van der Waals surface area contributed by atoms with Gasteiger partial charge in [-0.1, -0.05) is 35.1 Å². The molecule has 0 aliphatic carbocycles. The zero-order chi connectivity index (χ0) is 24.7. The molecule has 35 heavy (non-hydrogen) atoms. The predicted molar refractivity (Wildman–Crippen MR) is 141 cm³/mol. The number of sulfonamides is 1. The quantitative estimate of drug-likeness (QED) is 0.323. The number of rotatable bonds is 6. The number of benzene rings is 1. The van der Waals surface area contributed by atoms with E-state index in [0.29, 0.717) is 28.0 Å². The van der Waals surface area contributed by atoms with E-state index in [9.17, 15) is 13.2 Å². The van der Waals surface area contributed by atoms with Crippen molar-refractivity contribution >= 4 is 65.6 Å². The van der Waals surface area contributed by atoms with E-state index in [2.05, 4.69) is 11.1 Å². The highest BCUT2D eigenvalue weighted by Gasteiger charge is 2.42. The maximum Gasteiger partial charge on any atom is 0.253 e. The number of aromatic nitrogens is 2. The van der Waals surface area contributed by atoms with Gasteiger partial charge in [0.2, 0.25) is 5.91 Å². The van der Waals surface area contributed by atoms with Gasteiger partial charge < -0.3 is 0 Å². The monoisotopic (exact) mass is 546 g/mol. The van der Waals surface area contributed by atoms with Crippen molar-refractivity contribution in [3.63, 3.8) is 0 Å². The maximum absolute atomic E-state index is 14.0. The zero-order valence-corrected chi connectivity index (χ0v) is 22.3. The average molecular weight is 547 g/mol. The average Bonchev–Trinajstić information content (AvgIpc) is 3.57. The number of carbonyl (C=O) groups excluding carboxylic acids is 1. The number of amides is 1. The summed E-state index contributed by atoms with van der Waals surface area (Å²) in [5.74, 6) is -0.298. The van der Waals surface area contributed by atoms with Crippen LogP contribution in [0.4, 0.5) is 5.13 Å². The van der Waals surface area contributed by atoms with Gasteiger partial charge >= 0.3 is 0 Å². The molecule has 1 aliphatic rings. The van der Waals surface area contributed by atoms with Crippen LogP contribution in [0, 0.1) is 13.8 Å². The number of aryl methyl sites for hydroxylation is 2. The molecule has 0 saturated carbocycles. The molecule has 1 fully saturated rings. The highest BCUT2D eigenvalue weighted by atomic mass is 35.5. The number of thiazole rings is 1. The molecule has 0 radical (unpaired) electrons. The third-order valence-corrected chi connectivity index (χ3v) is 10.8. The molecule has 0 N–H and O–H groups in total. The number of thiophene rings is 1. The van der Waals surface area contributed by atoms with Crippen molar-refractivity contribution in [2.75, 3.05) is 11.4 Å². The van der Waals surface area contributed by atoms with Crippen molar-refractivity contribution in [3.8, 4) is 0 Å². The van der Waals surface area contributed by atoms with Crippen molar-refractivity contribution in [3.05, 3.63) is 69.8 Å². The summed E-state index contributed by atoms with van der Waals surface area (Å²) in [5.41, 5.74) is 3.71. The molecule has 1 unspecified atom stereocenters. The molecule has 1 aromatic carbocycles. The molecule has 7 nitrogen and oxygen atoms in total. The van der Waals surface area contributed by atoms with Gasteiger partial charge in [-0.3, -0.25) is 14.7 Å². The number of halogens is 1. The largest absolute Gasteiger partial charge is 0.281 e. The summed E-state index contributed by atoms with van der Waals surface area (Å²) >= 11 is 8.44. The van der Waals surface area contributed by atoms with Crippen LogP contribution in [-0.4, -0.2) is 41.2 Å². The van der Waals surface area contributed by atoms with Crippen LogP contribution in [0.15, 0.2) is 52.9 Å². The molecule has 4 aromatic rings. The van der Waals surface area contributed by atoms with Crippen LogP contribution < -0.4 is 4.90 Å². The molecule has 1 atom stereocenters. The summed E-state index contributed by atoms with van der Waals surface area (Å²) in [7, 11) is -3.85. The van der Waals surface area contributed by atoms with E-state index < -0.39 is 16.1 Å². The van der Waals surface area contributed by atoms with Crippen LogP contribution >= 0.6 is 34.3 Å². The number of fused-ring (bicyclic) bond motifs is 1. The fourth-order valence-corrected chi connectivity index (χ4v) is 8.66. The molecule has 1 saturated heterocycles. The summed E-state index contributed by atoms with van der Waals surface area (Å²) in [6.07, 6.45) is 2.72. The number of hydrogen-bond acceptors (Lipinski definition) is 7. The zero-order valence-electron chi connectivity index (χ0n) is 19.1. The second kappa shape index (κ2) is 9.59. The fourth-order valence-electron chi connectivity index (χ4n) is 4.38. The number of carbonyl (C=O) groups is 1. The molecular weight excluding hydrogens is 524 g/mol. The lowest BCUT2D eigenvalue weighted by atomic mass is 10.1. The molecule has 3 aromatic heterocycles. The molecular formula is C24H23ClN4O3S3. The Hall–Kier alpha value is -2.37. The second-order valence-electron chi connectivity index (χ2n) is 8.50. The van der Waals surface area contributed by atoms with Crippen LogP contribution in [0.5, 0.6) is 0 Å². The minimum Gasteiger partial charge on any atom is -0.281 e. The minimum absolute atomic E-state index is 0.143. The third-order valence-electron chi connectivity index (χ3n) is 5.95. The summed E-state index contributed by atoms with van der Waals surface area (Å²) in [6, 6.07) is 11.8. The summed E-state index contributed by atoms with van der Waals surface area (Å²) in [6.45, 7) is 4.52. The SMILES string of the molecule is Cc1cc(C)c2sc(N(Cc3ccccn3)C(=O)C3CCCN3S(=O)(=O)c3ccc(Cl)s3)nc2c1. The van der Waals surface area contributed by atoms with Crippen molar-refractivity contribution in [2.24, 2.45) is 0 Å². The van der Waals surface area contributed by atoms with Crippen molar-refractivity contribution in [1.82, 2.24) is 14.3 Å². The van der Waals surface area contributed by atoms with Gasteiger partial charge in [-0.2, -0.15) is 4.31 Å². The van der Waals surface area contributed by atoms with Crippen LogP contribution in [0.3, 0.4) is 0 Å². The van der Waals surface area contributed by atoms with Gasteiger partial charge in [0.25, 0.3) is 10.0 Å². The Morgan fingerprint density at radius 1 is 1.20 bits per heavy atom. The molecule has 1 amide bonds. The van der Waals surface area contributed by atoms with Crippen LogP contribution in [0.2, 0.25) is 4.34 Å². The molecule has 1 aliphatic heterocycles. The first kappa shape index (κ1) is 24.3. The number of pyridine rings is 1. The van der Waals surface area contributed by atoms with Crippen molar-refractivity contribution < 1.29 is 13.2 Å². The number of anilines is 1. The smallest absolute Gasteiger partial charge is 0.253 e. The van der Waals surface area contributed by atoms with Crippen LogP contribution in [0.1, 0.15) is 29.7 Å². The predicted octanol–water partition coefficient (Wildman–Crippen LogP) is 5.41.